The molecule has 0 fully saturated rings. The van der Waals surface area contributed by atoms with Crippen LogP contribution in [0.15, 0.2) is 24.3 Å². The third-order valence-electron chi connectivity index (χ3n) is 20.2. The maximum atomic E-state index is 12.6. The number of carbonyl (C=O) groups is 2. The van der Waals surface area contributed by atoms with Crippen molar-refractivity contribution < 1.29 is 24.5 Å². The molecule has 6 nitrogen and oxygen atoms in total. The maximum absolute atomic E-state index is 12.6. The molecule has 2 unspecified atom stereocenters. The van der Waals surface area contributed by atoms with Crippen molar-refractivity contribution in [3.63, 3.8) is 0 Å². The minimum atomic E-state index is -0.844. The second kappa shape index (κ2) is 81.8. The third-order valence-corrected chi connectivity index (χ3v) is 20.2. The number of aliphatic hydroxyl groups is 2. The topological polar surface area (TPSA) is 95.9 Å². The molecule has 2 atom stereocenters. The van der Waals surface area contributed by atoms with Gasteiger partial charge in [-0.05, 0) is 57.8 Å². The quantitative estimate of drug-likeness (QED) is 0.0320. The molecule has 0 aliphatic heterocycles. The molecule has 6 heteroatoms. The molecule has 0 aliphatic carbocycles. The molecule has 0 aliphatic rings. The van der Waals surface area contributed by atoms with Crippen LogP contribution < -0.4 is 5.32 Å². The van der Waals surface area contributed by atoms with Crippen LogP contribution in [0.2, 0.25) is 0 Å². The van der Waals surface area contributed by atoms with E-state index in [1.165, 1.54) is 424 Å². The van der Waals surface area contributed by atoms with Crippen molar-refractivity contribution >= 4 is 11.9 Å². The number of rotatable bonds is 81. The van der Waals surface area contributed by atoms with Gasteiger partial charge in [-0.3, -0.25) is 9.59 Å². The molecule has 0 rings (SSSR count). The summed E-state index contributed by atoms with van der Waals surface area (Å²) in [4.78, 5) is 24.7. The zero-order valence-electron chi connectivity index (χ0n) is 62.8. The lowest BCUT2D eigenvalue weighted by molar-refractivity contribution is -0.143. The summed E-state index contributed by atoms with van der Waals surface area (Å²) in [6, 6.07) is -0.627. The Bertz CT molecular complexity index is 1450. The van der Waals surface area contributed by atoms with Gasteiger partial charge in [0, 0.05) is 12.8 Å². The number of unbranched alkanes of at least 4 members (excludes halogenated alkanes) is 68. The minimum absolute atomic E-state index is 0.0236. The van der Waals surface area contributed by atoms with Crippen molar-refractivity contribution in [3.8, 4) is 0 Å². The van der Waals surface area contributed by atoms with Crippen LogP contribution in [-0.2, 0) is 14.3 Å². The molecule has 0 aromatic rings. The highest BCUT2D eigenvalue weighted by atomic mass is 16.5. The Labute approximate surface area is 577 Å². The molecule has 0 heterocycles. The maximum Gasteiger partial charge on any atom is 0.305 e. The highest BCUT2D eigenvalue weighted by Gasteiger charge is 2.18. The van der Waals surface area contributed by atoms with Gasteiger partial charge in [-0.1, -0.05) is 443 Å². The number of ether oxygens (including phenoxy) is 1. The molecule has 0 aromatic heterocycles. The van der Waals surface area contributed by atoms with E-state index in [1.807, 2.05) is 6.08 Å². The number of allylic oxidation sites excluding steroid dienone is 3. The first-order valence-electron chi connectivity index (χ1n) is 42.6. The number of esters is 1. The average Bonchev–Trinajstić information content (AvgIpc) is 3.77. The van der Waals surface area contributed by atoms with Gasteiger partial charge >= 0.3 is 5.97 Å². The first-order chi connectivity index (χ1) is 45.5. The summed E-state index contributed by atoms with van der Waals surface area (Å²) in [7, 11) is 0. The molecule has 0 bridgehead atoms. The molecule has 92 heavy (non-hydrogen) atoms. The lowest BCUT2D eigenvalue weighted by Gasteiger charge is -2.20. The van der Waals surface area contributed by atoms with Crippen LogP contribution in [-0.4, -0.2) is 47.4 Å². The summed E-state index contributed by atoms with van der Waals surface area (Å²) in [6.07, 6.45) is 106. The third kappa shape index (κ3) is 77.3. The minimum Gasteiger partial charge on any atom is -0.466 e. The van der Waals surface area contributed by atoms with Gasteiger partial charge in [-0.15, -0.1) is 0 Å². The number of hydrogen-bond donors (Lipinski definition) is 3. The van der Waals surface area contributed by atoms with E-state index >= 15 is 0 Å². The monoisotopic (exact) mass is 1290 g/mol. The fourth-order valence-corrected chi connectivity index (χ4v) is 13.8. The smallest absolute Gasteiger partial charge is 0.305 e. The van der Waals surface area contributed by atoms with Crippen molar-refractivity contribution in [2.45, 2.75) is 501 Å². The first-order valence-corrected chi connectivity index (χ1v) is 42.6. The lowest BCUT2D eigenvalue weighted by Crippen LogP contribution is -2.45. The summed E-state index contributed by atoms with van der Waals surface area (Å²) < 4.78 is 5.52. The summed E-state index contributed by atoms with van der Waals surface area (Å²) >= 11 is 0. The molecule has 0 aromatic carbocycles. The predicted molar refractivity (Wildman–Crippen MR) is 407 cm³/mol. The van der Waals surface area contributed by atoms with Crippen molar-refractivity contribution in [2.75, 3.05) is 13.2 Å². The zero-order valence-corrected chi connectivity index (χ0v) is 62.8. The summed E-state index contributed by atoms with van der Waals surface area (Å²) in [5.74, 6) is -0.0359. The number of carbonyl (C=O) groups excluding carboxylic acids is 2. The van der Waals surface area contributed by atoms with Crippen molar-refractivity contribution in [2.24, 2.45) is 0 Å². The van der Waals surface area contributed by atoms with Gasteiger partial charge in [0.15, 0.2) is 0 Å². The van der Waals surface area contributed by atoms with E-state index in [1.54, 1.807) is 6.08 Å². The van der Waals surface area contributed by atoms with E-state index in [-0.39, 0.29) is 18.5 Å². The Morgan fingerprint density at radius 3 is 0.772 bits per heavy atom. The van der Waals surface area contributed by atoms with E-state index in [0.717, 1.165) is 38.5 Å². The summed E-state index contributed by atoms with van der Waals surface area (Å²) in [5, 5.41) is 23.3. The highest BCUT2D eigenvalue weighted by Crippen LogP contribution is 2.21. The summed E-state index contributed by atoms with van der Waals surface area (Å²) in [5.41, 5.74) is 0. The van der Waals surface area contributed by atoms with E-state index < -0.39 is 12.1 Å². The van der Waals surface area contributed by atoms with Crippen LogP contribution in [0.3, 0.4) is 0 Å². The molecular weight excluding hydrogens is 1130 g/mol. The molecule has 1 amide bonds. The predicted octanol–water partition coefficient (Wildman–Crippen LogP) is 28.4. The van der Waals surface area contributed by atoms with Gasteiger partial charge in [0.05, 0.1) is 25.4 Å². The first kappa shape index (κ1) is 90.3. The second-order valence-electron chi connectivity index (χ2n) is 29.5. The Kier molecular flexibility index (Phi) is 80.3. The van der Waals surface area contributed by atoms with Crippen LogP contribution in [0.1, 0.15) is 489 Å². The summed E-state index contributed by atoms with van der Waals surface area (Å²) in [6.45, 7) is 4.97. The van der Waals surface area contributed by atoms with E-state index in [2.05, 4.69) is 31.3 Å². The van der Waals surface area contributed by atoms with Gasteiger partial charge in [0.25, 0.3) is 0 Å². The molecule has 0 saturated heterocycles. The van der Waals surface area contributed by atoms with Crippen molar-refractivity contribution in [1.82, 2.24) is 5.32 Å². The molecule has 0 saturated carbocycles. The Morgan fingerprint density at radius 1 is 0.293 bits per heavy atom. The van der Waals surface area contributed by atoms with E-state index in [9.17, 15) is 19.8 Å². The standard InChI is InChI=1S/C86H167NO5/c1-3-5-7-9-11-13-15-17-19-21-23-24-25-34-37-40-43-46-50-54-58-62-66-70-74-78-84(89)83(82-88)87-85(90)79-75-71-67-63-59-55-51-47-44-41-38-35-32-30-28-26-27-29-31-33-36-39-42-45-49-53-57-61-65-69-73-77-81-92-86(91)80-76-72-68-64-60-56-52-48-22-20-18-16-14-12-10-8-6-4-2/h29,31,74,78,83-84,88-89H,3-28,30,32-73,75-77,79-82H2,1-2H3,(H,87,90)/b31-29-,78-74+. The normalized spacial score (nSPS) is 12.5. The number of nitrogens with one attached hydrogen (secondary N) is 1. The van der Waals surface area contributed by atoms with Gasteiger partial charge in [0.1, 0.15) is 0 Å². The molecule has 0 spiro atoms. The van der Waals surface area contributed by atoms with Gasteiger partial charge < -0.3 is 20.3 Å². The molecule has 0 radical (unpaired) electrons. The van der Waals surface area contributed by atoms with Gasteiger partial charge in [-0.25, -0.2) is 0 Å². The largest absolute Gasteiger partial charge is 0.466 e. The van der Waals surface area contributed by atoms with Crippen LogP contribution >= 0.6 is 0 Å². The zero-order chi connectivity index (χ0) is 66.3. The van der Waals surface area contributed by atoms with E-state index in [4.69, 9.17) is 4.74 Å². The van der Waals surface area contributed by atoms with Crippen LogP contribution in [0.5, 0.6) is 0 Å². The second-order valence-corrected chi connectivity index (χ2v) is 29.5. The lowest BCUT2D eigenvalue weighted by atomic mass is 10.0. The van der Waals surface area contributed by atoms with Crippen LogP contribution in [0.25, 0.3) is 0 Å². The number of aliphatic hydroxyl groups excluding tert-OH is 2. The Balaban J connectivity index is 3.36. The fraction of sp³-hybridized carbons (Fsp3) is 0.930. The Morgan fingerprint density at radius 2 is 0.511 bits per heavy atom. The van der Waals surface area contributed by atoms with Gasteiger partial charge in [0.2, 0.25) is 5.91 Å². The van der Waals surface area contributed by atoms with Crippen LogP contribution in [0, 0.1) is 0 Å². The van der Waals surface area contributed by atoms with E-state index in [0.29, 0.717) is 19.4 Å². The van der Waals surface area contributed by atoms with Crippen molar-refractivity contribution in [3.05, 3.63) is 24.3 Å². The molecular formula is C86H167NO5. The number of hydrogen-bond acceptors (Lipinski definition) is 5. The number of amides is 1. The molecule has 3 N–H and O–H groups in total. The average molecular weight is 1300 g/mol. The van der Waals surface area contributed by atoms with Crippen molar-refractivity contribution in [1.29, 1.82) is 0 Å². The van der Waals surface area contributed by atoms with Crippen LogP contribution in [0.4, 0.5) is 0 Å². The Hall–Kier alpha value is -1.66. The SMILES string of the molecule is CCCCCCCCCCCCCCCCCCCCCCCCC/C=C/C(O)C(CO)NC(=O)CCCCCCCCCCCCCCCCCC/C=C\CCCCCCCCCCCCCCOC(=O)CCCCCCCCCCCCCCCCCCCC. The highest BCUT2D eigenvalue weighted by molar-refractivity contribution is 5.76. The van der Waals surface area contributed by atoms with Gasteiger partial charge in [-0.2, -0.15) is 0 Å². The fourth-order valence-electron chi connectivity index (χ4n) is 13.8. The molecule has 546 valence electrons.